The Balaban J connectivity index is 2.06. The summed E-state index contributed by atoms with van der Waals surface area (Å²) in [6.45, 7) is 2.04. The largest absolute Gasteiger partial charge is 0.482 e. The predicted molar refractivity (Wildman–Crippen MR) is 85.1 cm³/mol. The molecule has 104 valence electrons. The summed E-state index contributed by atoms with van der Waals surface area (Å²) in [5.74, 6) is 0.840. The van der Waals surface area contributed by atoms with Gasteiger partial charge in [-0.2, -0.15) is 0 Å². The summed E-state index contributed by atoms with van der Waals surface area (Å²) < 4.78 is 7.17. The summed E-state index contributed by atoms with van der Waals surface area (Å²) in [4.78, 5) is 0. The van der Waals surface area contributed by atoms with Gasteiger partial charge in [-0.1, -0.05) is 51.8 Å². The zero-order valence-electron chi connectivity index (χ0n) is 11.1. The number of rotatable bonds is 1. The van der Waals surface area contributed by atoms with Gasteiger partial charge in [0.15, 0.2) is 0 Å². The van der Waals surface area contributed by atoms with Crippen LogP contribution < -0.4 is 10.5 Å². The Bertz CT molecular complexity index is 661. The third kappa shape index (κ3) is 2.34. The van der Waals surface area contributed by atoms with Crippen LogP contribution in [0.3, 0.4) is 0 Å². The zero-order valence-corrected chi connectivity index (χ0v) is 13.4. The molecule has 0 saturated carbocycles. The maximum Gasteiger partial charge on any atom is 0.134 e. The van der Waals surface area contributed by atoms with Crippen molar-refractivity contribution in [1.29, 1.82) is 0 Å². The van der Waals surface area contributed by atoms with Crippen LogP contribution in [0.2, 0.25) is 5.02 Å². The molecule has 2 atom stereocenters. The number of fused-ring (bicyclic) bond motifs is 1. The molecule has 3 rings (SSSR count). The maximum atomic E-state index is 6.38. The van der Waals surface area contributed by atoms with Crippen molar-refractivity contribution in [3.63, 3.8) is 0 Å². The molecule has 0 radical (unpaired) electrons. The Labute approximate surface area is 132 Å². The Morgan fingerprint density at radius 1 is 1.30 bits per heavy atom. The van der Waals surface area contributed by atoms with Gasteiger partial charge >= 0.3 is 0 Å². The summed E-state index contributed by atoms with van der Waals surface area (Å²) in [6.07, 6.45) is 0.700. The monoisotopic (exact) mass is 351 g/mol. The van der Waals surface area contributed by atoms with Crippen molar-refractivity contribution >= 4 is 27.5 Å². The zero-order chi connectivity index (χ0) is 14.3. The van der Waals surface area contributed by atoms with Gasteiger partial charge in [-0.05, 0) is 25.1 Å². The van der Waals surface area contributed by atoms with Crippen LogP contribution in [0.4, 0.5) is 0 Å². The number of ether oxygens (including phenoxy) is 1. The van der Waals surface area contributed by atoms with E-state index >= 15 is 0 Å². The van der Waals surface area contributed by atoms with E-state index in [1.165, 1.54) is 0 Å². The molecule has 1 unspecified atom stereocenters. The lowest BCUT2D eigenvalue weighted by atomic mass is 9.84. The van der Waals surface area contributed by atoms with Crippen molar-refractivity contribution in [2.24, 2.45) is 5.73 Å². The maximum absolute atomic E-state index is 6.38. The molecule has 2 aromatic carbocycles. The Kier molecular flexibility index (Phi) is 3.53. The van der Waals surface area contributed by atoms with Gasteiger partial charge in [0, 0.05) is 33.1 Å². The summed E-state index contributed by atoms with van der Waals surface area (Å²) in [7, 11) is 0. The van der Waals surface area contributed by atoms with Crippen molar-refractivity contribution in [2.75, 3.05) is 0 Å². The van der Waals surface area contributed by atoms with E-state index in [0.29, 0.717) is 11.4 Å². The highest BCUT2D eigenvalue weighted by atomic mass is 79.9. The smallest absolute Gasteiger partial charge is 0.134 e. The SMILES string of the molecule is CC1(c2ccc(Br)cc2Cl)C[C@H](N)c2ccccc2O1. The normalized spacial score (nSPS) is 24.9. The molecule has 0 fully saturated rings. The molecule has 0 saturated heterocycles. The van der Waals surface area contributed by atoms with Crippen molar-refractivity contribution in [3.05, 3.63) is 63.1 Å². The molecule has 0 amide bonds. The lowest BCUT2D eigenvalue weighted by molar-refractivity contribution is 0.0512. The molecular weight excluding hydrogens is 338 g/mol. The van der Waals surface area contributed by atoms with E-state index in [2.05, 4.69) is 15.9 Å². The van der Waals surface area contributed by atoms with Gasteiger partial charge in [-0.25, -0.2) is 0 Å². The van der Waals surface area contributed by atoms with Crippen molar-refractivity contribution < 1.29 is 4.74 Å². The molecule has 0 aromatic heterocycles. The standard InChI is InChI=1S/C16H15BrClNO/c1-16(12-7-6-10(17)8-13(12)18)9-14(19)11-4-2-3-5-15(11)20-16/h2-8,14H,9,19H2,1H3/t14-,16?/m0/s1. The lowest BCUT2D eigenvalue weighted by Gasteiger charge is -2.39. The first-order chi connectivity index (χ1) is 9.49. The van der Waals surface area contributed by atoms with Crippen LogP contribution >= 0.6 is 27.5 Å². The number of nitrogens with two attached hydrogens (primary N) is 1. The highest BCUT2D eigenvalue weighted by Crippen LogP contribution is 2.45. The van der Waals surface area contributed by atoms with Crippen molar-refractivity contribution in [1.82, 2.24) is 0 Å². The Morgan fingerprint density at radius 3 is 2.80 bits per heavy atom. The second-order valence-electron chi connectivity index (χ2n) is 5.31. The van der Waals surface area contributed by atoms with Gasteiger partial charge in [-0.15, -0.1) is 0 Å². The van der Waals surface area contributed by atoms with E-state index in [1.54, 1.807) is 0 Å². The number of para-hydroxylation sites is 1. The first-order valence-corrected chi connectivity index (χ1v) is 7.66. The average molecular weight is 353 g/mol. The molecule has 0 bridgehead atoms. The van der Waals surface area contributed by atoms with Gasteiger partial charge in [0.2, 0.25) is 0 Å². The van der Waals surface area contributed by atoms with Crippen LogP contribution in [-0.4, -0.2) is 0 Å². The first-order valence-electron chi connectivity index (χ1n) is 6.49. The Hall–Kier alpha value is -1.03. The van der Waals surface area contributed by atoms with Gasteiger partial charge in [0.1, 0.15) is 11.4 Å². The molecule has 1 aliphatic heterocycles. The fourth-order valence-corrected chi connectivity index (χ4v) is 3.65. The second-order valence-corrected chi connectivity index (χ2v) is 6.63. The van der Waals surface area contributed by atoms with Crippen LogP contribution in [0.25, 0.3) is 0 Å². The molecule has 1 aliphatic rings. The molecule has 0 spiro atoms. The minimum atomic E-state index is -0.508. The molecule has 2 nitrogen and oxygen atoms in total. The summed E-state index contributed by atoms with van der Waals surface area (Å²) in [5.41, 5.74) is 7.82. The van der Waals surface area contributed by atoms with Crippen molar-refractivity contribution in [3.8, 4) is 5.75 Å². The quantitative estimate of drug-likeness (QED) is 0.800. The molecule has 2 aromatic rings. The summed E-state index contributed by atoms with van der Waals surface area (Å²) in [6, 6.07) is 13.7. The van der Waals surface area contributed by atoms with Crippen LogP contribution in [0.1, 0.15) is 30.5 Å². The third-order valence-corrected chi connectivity index (χ3v) is 4.57. The molecular formula is C16H15BrClNO. The molecule has 0 aliphatic carbocycles. The van der Waals surface area contributed by atoms with Gasteiger partial charge in [0.05, 0.1) is 0 Å². The highest BCUT2D eigenvalue weighted by molar-refractivity contribution is 9.10. The topological polar surface area (TPSA) is 35.2 Å². The van der Waals surface area contributed by atoms with E-state index in [-0.39, 0.29) is 6.04 Å². The molecule has 4 heteroatoms. The average Bonchev–Trinajstić information content (AvgIpc) is 2.38. The number of hydrogen-bond donors (Lipinski definition) is 1. The summed E-state index contributed by atoms with van der Waals surface area (Å²) >= 11 is 9.80. The highest BCUT2D eigenvalue weighted by Gasteiger charge is 2.38. The fraction of sp³-hybridized carbons (Fsp3) is 0.250. The van der Waals surface area contributed by atoms with E-state index in [1.807, 2.05) is 49.4 Å². The predicted octanol–water partition coefficient (Wildman–Crippen LogP) is 4.80. The van der Waals surface area contributed by atoms with Crippen molar-refractivity contribution in [2.45, 2.75) is 25.0 Å². The first kappa shape index (κ1) is 13.9. The summed E-state index contributed by atoms with van der Waals surface area (Å²) in [5, 5.41) is 0.688. The molecule has 1 heterocycles. The minimum absolute atomic E-state index is 0.0512. The lowest BCUT2D eigenvalue weighted by Crippen LogP contribution is -2.38. The van der Waals surface area contributed by atoms with E-state index < -0.39 is 5.60 Å². The fourth-order valence-electron chi connectivity index (χ4n) is 2.78. The van der Waals surface area contributed by atoms with Gasteiger partial charge < -0.3 is 10.5 Å². The van der Waals surface area contributed by atoms with Gasteiger partial charge in [0.25, 0.3) is 0 Å². The van der Waals surface area contributed by atoms with Crippen LogP contribution in [0.5, 0.6) is 5.75 Å². The van der Waals surface area contributed by atoms with E-state index in [0.717, 1.165) is 21.3 Å². The number of halogens is 2. The van der Waals surface area contributed by atoms with E-state index in [9.17, 15) is 0 Å². The van der Waals surface area contributed by atoms with Gasteiger partial charge in [-0.3, -0.25) is 0 Å². The Morgan fingerprint density at radius 2 is 2.05 bits per heavy atom. The molecule has 2 N–H and O–H groups in total. The van der Waals surface area contributed by atoms with Crippen LogP contribution in [0, 0.1) is 0 Å². The van der Waals surface area contributed by atoms with E-state index in [4.69, 9.17) is 22.1 Å². The number of hydrogen-bond acceptors (Lipinski definition) is 2. The third-order valence-electron chi connectivity index (χ3n) is 3.76. The van der Waals surface area contributed by atoms with Crippen LogP contribution in [0.15, 0.2) is 46.9 Å². The number of benzene rings is 2. The molecule has 20 heavy (non-hydrogen) atoms. The minimum Gasteiger partial charge on any atom is -0.482 e. The second kappa shape index (κ2) is 5.06. The van der Waals surface area contributed by atoms with Crippen LogP contribution in [-0.2, 0) is 5.60 Å².